The van der Waals surface area contributed by atoms with Crippen LogP contribution >= 0.6 is 15.9 Å². The maximum Gasteiger partial charge on any atom is 0.306 e. The summed E-state index contributed by atoms with van der Waals surface area (Å²) in [6.45, 7) is 1.96. The van der Waals surface area contributed by atoms with Gasteiger partial charge in [-0.25, -0.2) is 4.98 Å². The van der Waals surface area contributed by atoms with Crippen molar-refractivity contribution in [2.24, 2.45) is 0 Å². The molecule has 0 radical (unpaired) electrons. The van der Waals surface area contributed by atoms with Gasteiger partial charge in [-0.15, -0.1) is 0 Å². The van der Waals surface area contributed by atoms with Crippen LogP contribution < -0.4 is 4.74 Å². The molecule has 1 N–H and O–H groups in total. The molecule has 7 heteroatoms. The van der Waals surface area contributed by atoms with E-state index in [1.54, 1.807) is 20.1 Å². The molecule has 26 heavy (non-hydrogen) atoms. The molecule has 0 saturated heterocycles. The van der Waals surface area contributed by atoms with Crippen molar-refractivity contribution in [2.75, 3.05) is 13.7 Å². The number of ketones is 1. The van der Waals surface area contributed by atoms with Crippen LogP contribution in [0.5, 0.6) is 11.5 Å². The Morgan fingerprint density at radius 1 is 1.19 bits per heavy atom. The molecule has 1 aromatic carbocycles. The van der Waals surface area contributed by atoms with Gasteiger partial charge in [-0.1, -0.05) is 12.1 Å². The zero-order chi connectivity index (χ0) is 19.1. The number of esters is 1. The molecule has 0 aliphatic rings. The molecular weight excluding hydrogens is 402 g/mol. The third kappa shape index (κ3) is 5.29. The van der Waals surface area contributed by atoms with Crippen LogP contribution in [0, 0.1) is 0 Å². The van der Waals surface area contributed by atoms with E-state index in [1.807, 2.05) is 24.3 Å². The molecule has 0 fully saturated rings. The lowest BCUT2D eigenvalue weighted by Crippen LogP contribution is -2.10. The third-order valence-electron chi connectivity index (χ3n) is 3.67. The SMILES string of the molecule is CCOC(=O)CCC(=O)c1nc(Cc2ccc(OC)cc2)cc(Br)c1O. The van der Waals surface area contributed by atoms with E-state index >= 15 is 0 Å². The van der Waals surface area contributed by atoms with E-state index in [0.717, 1.165) is 11.3 Å². The van der Waals surface area contributed by atoms with Gasteiger partial charge in [-0.3, -0.25) is 9.59 Å². The minimum Gasteiger partial charge on any atom is -0.504 e. The first-order chi connectivity index (χ1) is 12.4. The molecule has 0 amide bonds. The van der Waals surface area contributed by atoms with Crippen molar-refractivity contribution in [3.63, 3.8) is 0 Å². The van der Waals surface area contributed by atoms with E-state index < -0.39 is 11.8 Å². The van der Waals surface area contributed by atoms with Crippen molar-refractivity contribution in [1.82, 2.24) is 4.98 Å². The van der Waals surface area contributed by atoms with E-state index in [2.05, 4.69) is 20.9 Å². The van der Waals surface area contributed by atoms with Gasteiger partial charge in [0.05, 0.1) is 24.6 Å². The molecule has 6 nitrogen and oxygen atoms in total. The van der Waals surface area contributed by atoms with E-state index in [1.165, 1.54) is 0 Å². The maximum atomic E-state index is 12.3. The second-order valence-corrected chi connectivity index (χ2v) is 6.40. The summed E-state index contributed by atoms with van der Waals surface area (Å²) < 4.78 is 10.3. The van der Waals surface area contributed by atoms with Crippen molar-refractivity contribution in [3.8, 4) is 11.5 Å². The van der Waals surface area contributed by atoms with Crippen LogP contribution in [0.25, 0.3) is 0 Å². The number of halogens is 1. The van der Waals surface area contributed by atoms with E-state index in [-0.39, 0.29) is 30.9 Å². The smallest absolute Gasteiger partial charge is 0.306 e. The number of hydrogen-bond donors (Lipinski definition) is 1. The molecule has 0 unspecified atom stereocenters. The monoisotopic (exact) mass is 421 g/mol. The molecule has 0 bridgehead atoms. The van der Waals surface area contributed by atoms with Crippen LogP contribution in [0.4, 0.5) is 0 Å². The van der Waals surface area contributed by atoms with E-state index in [4.69, 9.17) is 9.47 Å². The van der Waals surface area contributed by atoms with Crippen LogP contribution in [0.2, 0.25) is 0 Å². The minimum atomic E-state index is -0.450. The van der Waals surface area contributed by atoms with Crippen LogP contribution in [0.15, 0.2) is 34.8 Å². The number of aromatic hydroxyl groups is 1. The number of rotatable bonds is 8. The predicted molar refractivity (Wildman–Crippen MR) is 99.6 cm³/mol. The Labute approximate surface area is 160 Å². The van der Waals surface area contributed by atoms with Crippen molar-refractivity contribution < 1.29 is 24.2 Å². The van der Waals surface area contributed by atoms with Gasteiger partial charge >= 0.3 is 5.97 Å². The summed E-state index contributed by atoms with van der Waals surface area (Å²) in [4.78, 5) is 28.0. The number of methoxy groups -OCH3 is 1. The van der Waals surface area contributed by atoms with E-state index in [0.29, 0.717) is 16.6 Å². The van der Waals surface area contributed by atoms with Gasteiger partial charge in [0, 0.05) is 18.5 Å². The third-order valence-corrected chi connectivity index (χ3v) is 4.27. The number of carbonyl (C=O) groups is 2. The fourth-order valence-electron chi connectivity index (χ4n) is 2.36. The van der Waals surface area contributed by atoms with Gasteiger partial charge in [-0.2, -0.15) is 0 Å². The summed E-state index contributed by atoms with van der Waals surface area (Å²) in [7, 11) is 1.60. The Bertz CT molecular complexity index is 789. The Hall–Kier alpha value is -2.41. The lowest BCUT2D eigenvalue weighted by molar-refractivity contribution is -0.143. The number of Topliss-reactive ketones (excluding diaryl/α,β-unsaturated/α-hetero) is 1. The van der Waals surface area contributed by atoms with Gasteiger partial charge in [0.15, 0.2) is 11.5 Å². The van der Waals surface area contributed by atoms with Crippen LogP contribution in [-0.4, -0.2) is 35.6 Å². The summed E-state index contributed by atoms with van der Waals surface area (Å²) in [5, 5.41) is 10.1. The highest BCUT2D eigenvalue weighted by molar-refractivity contribution is 9.10. The van der Waals surface area contributed by atoms with Crippen molar-refractivity contribution >= 4 is 27.7 Å². The summed E-state index contributed by atoms with van der Waals surface area (Å²) >= 11 is 3.25. The standard InChI is InChI=1S/C19H20BrNO5/c1-3-26-17(23)9-8-16(22)18-19(24)15(20)11-13(21-18)10-12-4-6-14(25-2)7-5-12/h4-7,11,24H,3,8-10H2,1-2H3. The quantitative estimate of drug-likeness (QED) is 0.516. The Morgan fingerprint density at radius 2 is 1.88 bits per heavy atom. The zero-order valence-corrected chi connectivity index (χ0v) is 16.2. The summed E-state index contributed by atoms with van der Waals surface area (Å²) in [6, 6.07) is 9.17. The Kier molecular flexibility index (Phi) is 7.15. The first-order valence-corrected chi connectivity index (χ1v) is 8.94. The molecule has 1 aromatic heterocycles. The fraction of sp³-hybridized carbons (Fsp3) is 0.316. The molecule has 0 aliphatic carbocycles. The Balaban J connectivity index is 2.16. The summed E-state index contributed by atoms with van der Waals surface area (Å²) in [5.74, 6) is -0.331. The first kappa shape index (κ1) is 19.9. The number of ether oxygens (including phenoxy) is 2. The largest absolute Gasteiger partial charge is 0.504 e. The topological polar surface area (TPSA) is 85.7 Å². The number of pyridine rings is 1. The molecule has 2 aromatic rings. The van der Waals surface area contributed by atoms with Crippen LogP contribution in [-0.2, 0) is 16.0 Å². The predicted octanol–water partition coefficient (Wildman–Crippen LogP) is 3.68. The van der Waals surface area contributed by atoms with Crippen molar-refractivity contribution in [3.05, 3.63) is 51.8 Å². The number of hydrogen-bond acceptors (Lipinski definition) is 6. The summed E-state index contributed by atoms with van der Waals surface area (Å²) in [5.41, 5.74) is 1.56. The lowest BCUT2D eigenvalue weighted by Gasteiger charge is -2.09. The highest BCUT2D eigenvalue weighted by Crippen LogP contribution is 2.29. The molecule has 0 aliphatic heterocycles. The molecule has 0 atom stereocenters. The summed E-state index contributed by atoms with van der Waals surface area (Å²) in [6.07, 6.45) is 0.368. The van der Waals surface area contributed by atoms with E-state index in [9.17, 15) is 14.7 Å². The van der Waals surface area contributed by atoms with Crippen LogP contribution in [0.3, 0.4) is 0 Å². The molecular formula is C19H20BrNO5. The van der Waals surface area contributed by atoms with Crippen molar-refractivity contribution in [2.45, 2.75) is 26.2 Å². The maximum absolute atomic E-state index is 12.3. The molecule has 138 valence electrons. The van der Waals surface area contributed by atoms with Crippen LogP contribution in [0.1, 0.15) is 41.5 Å². The Morgan fingerprint density at radius 3 is 2.50 bits per heavy atom. The second-order valence-electron chi connectivity index (χ2n) is 5.55. The van der Waals surface area contributed by atoms with Gasteiger partial charge in [0.1, 0.15) is 11.4 Å². The highest BCUT2D eigenvalue weighted by atomic mass is 79.9. The van der Waals surface area contributed by atoms with Gasteiger partial charge in [-0.05, 0) is 46.6 Å². The number of carbonyl (C=O) groups excluding carboxylic acids is 2. The first-order valence-electron chi connectivity index (χ1n) is 8.14. The van der Waals surface area contributed by atoms with Gasteiger partial charge in [0.2, 0.25) is 0 Å². The van der Waals surface area contributed by atoms with Gasteiger partial charge in [0.25, 0.3) is 0 Å². The molecule has 0 spiro atoms. The number of benzene rings is 1. The van der Waals surface area contributed by atoms with Gasteiger partial charge < -0.3 is 14.6 Å². The zero-order valence-electron chi connectivity index (χ0n) is 14.6. The number of aromatic nitrogens is 1. The molecule has 1 heterocycles. The second kappa shape index (κ2) is 9.33. The lowest BCUT2D eigenvalue weighted by atomic mass is 10.1. The fourth-order valence-corrected chi connectivity index (χ4v) is 2.81. The van der Waals surface area contributed by atoms with Crippen molar-refractivity contribution in [1.29, 1.82) is 0 Å². The highest BCUT2D eigenvalue weighted by Gasteiger charge is 2.19. The average molecular weight is 422 g/mol. The molecule has 0 saturated carbocycles. The molecule has 2 rings (SSSR count). The average Bonchev–Trinajstić information content (AvgIpc) is 2.63. The minimum absolute atomic E-state index is 0.0475. The number of nitrogens with zero attached hydrogens (tertiary/aromatic N) is 1. The normalized spacial score (nSPS) is 10.4.